The van der Waals surface area contributed by atoms with E-state index in [4.69, 9.17) is 4.74 Å². The Hall–Kier alpha value is -3.02. The summed E-state index contributed by atoms with van der Waals surface area (Å²) in [6.45, 7) is 1.65. The van der Waals surface area contributed by atoms with Crippen molar-refractivity contribution in [1.29, 1.82) is 0 Å². The number of benzene rings is 2. The molecule has 2 aromatic rings. The van der Waals surface area contributed by atoms with Crippen LogP contribution in [0.25, 0.3) is 0 Å². The van der Waals surface area contributed by atoms with Crippen molar-refractivity contribution in [3.63, 3.8) is 0 Å². The molecule has 2 aromatic carbocycles. The van der Waals surface area contributed by atoms with Gasteiger partial charge in [-0.3, -0.25) is 14.9 Å². The molecule has 0 spiro atoms. The summed E-state index contributed by atoms with van der Waals surface area (Å²) in [6.07, 6.45) is -0.00892. The van der Waals surface area contributed by atoms with Crippen molar-refractivity contribution in [2.75, 3.05) is 0 Å². The fraction of sp³-hybridized carbons (Fsp3) is 0.125. The number of carbonyl (C=O) groups excluding carboxylic acids is 1. The first-order chi connectivity index (χ1) is 10.6. The zero-order valence-corrected chi connectivity index (χ0v) is 11.7. The highest BCUT2D eigenvalue weighted by Gasteiger charge is 2.24. The first-order valence-corrected chi connectivity index (χ1v) is 6.65. The van der Waals surface area contributed by atoms with Crippen molar-refractivity contribution < 1.29 is 14.5 Å². The minimum atomic E-state index is -0.723. The number of nitrogens with zero attached hydrogens (tertiary/aromatic N) is 2. The normalized spacial score (nSPS) is 16.2. The molecule has 0 fully saturated rings. The van der Waals surface area contributed by atoms with E-state index in [9.17, 15) is 14.9 Å². The second-order valence-corrected chi connectivity index (χ2v) is 4.91. The quantitative estimate of drug-likeness (QED) is 0.494. The van der Waals surface area contributed by atoms with Gasteiger partial charge in [0.2, 0.25) is 5.90 Å². The molecular formula is C16H12N2O4. The number of aldehydes is 1. The van der Waals surface area contributed by atoms with Gasteiger partial charge in [-0.2, -0.15) is 0 Å². The third kappa shape index (κ3) is 2.35. The van der Waals surface area contributed by atoms with E-state index in [2.05, 4.69) is 4.99 Å². The minimum absolute atomic E-state index is 0.0347. The summed E-state index contributed by atoms with van der Waals surface area (Å²) in [7, 11) is 0. The average molecular weight is 296 g/mol. The maximum absolute atomic E-state index is 11.2. The molecule has 0 radical (unpaired) electrons. The van der Waals surface area contributed by atoms with Gasteiger partial charge in [-0.1, -0.05) is 18.2 Å². The van der Waals surface area contributed by atoms with Crippen LogP contribution in [0.2, 0.25) is 0 Å². The molecule has 1 atom stereocenters. The first kappa shape index (κ1) is 13.9. The SMILES string of the molecule is Cc1cc(C2=Nc3ccccc3C(C=O)O2)ccc1[N+](=O)[O-]. The second kappa shape index (κ2) is 5.40. The minimum Gasteiger partial charge on any atom is -0.461 e. The summed E-state index contributed by atoms with van der Waals surface area (Å²) < 4.78 is 5.62. The van der Waals surface area contributed by atoms with Gasteiger partial charge in [0.25, 0.3) is 5.69 Å². The number of ether oxygens (including phenoxy) is 1. The van der Waals surface area contributed by atoms with Crippen molar-refractivity contribution in [3.8, 4) is 0 Å². The molecular weight excluding hydrogens is 284 g/mol. The van der Waals surface area contributed by atoms with Gasteiger partial charge in [0, 0.05) is 22.8 Å². The van der Waals surface area contributed by atoms with Crippen molar-refractivity contribution in [2.24, 2.45) is 4.99 Å². The molecule has 6 heteroatoms. The topological polar surface area (TPSA) is 81.8 Å². The smallest absolute Gasteiger partial charge is 0.272 e. The fourth-order valence-corrected chi connectivity index (χ4v) is 2.38. The highest BCUT2D eigenvalue weighted by atomic mass is 16.6. The van der Waals surface area contributed by atoms with Crippen LogP contribution in [0.15, 0.2) is 47.5 Å². The van der Waals surface area contributed by atoms with Gasteiger partial charge in [0.05, 0.1) is 10.6 Å². The van der Waals surface area contributed by atoms with E-state index in [0.29, 0.717) is 28.7 Å². The number of aliphatic imine (C=N–C) groups is 1. The Morgan fingerprint density at radius 3 is 2.73 bits per heavy atom. The first-order valence-electron chi connectivity index (χ1n) is 6.65. The van der Waals surface area contributed by atoms with Crippen molar-refractivity contribution in [2.45, 2.75) is 13.0 Å². The van der Waals surface area contributed by atoms with Crippen LogP contribution in [0.1, 0.15) is 22.8 Å². The van der Waals surface area contributed by atoms with E-state index in [-0.39, 0.29) is 11.6 Å². The lowest BCUT2D eigenvalue weighted by Crippen LogP contribution is -2.18. The predicted molar refractivity (Wildman–Crippen MR) is 80.4 cm³/mol. The molecule has 1 aliphatic rings. The Balaban J connectivity index is 2.06. The zero-order valence-electron chi connectivity index (χ0n) is 11.7. The lowest BCUT2D eigenvalue weighted by molar-refractivity contribution is -0.385. The van der Waals surface area contributed by atoms with Gasteiger partial charge in [-0.15, -0.1) is 0 Å². The van der Waals surface area contributed by atoms with Gasteiger partial charge in [0.1, 0.15) is 0 Å². The van der Waals surface area contributed by atoms with Crippen molar-refractivity contribution in [3.05, 3.63) is 69.3 Å². The summed E-state index contributed by atoms with van der Waals surface area (Å²) in [5.74, 6) is 0.286. The molecule has 3 rings (SSSR count). The summed E-state index contributed by atoms with van der Waals surface area (Å²) in [5.41, 5.74) is 2.52. The molecule has 22 heavy (non-hydrogen) atoms. The molecule has 6 nitrogen and oxygen atoms in total. The maximum Gasteiger partial charge on any atom is 0.272 e. The van der Waals surface area contributed by atoms with Crippen LogP contribution in [0.5, 0.6) is 0 Å². The summed E-state index contributed by atoms with van der Waals surface area (Å²) in [4.78, 5) is 26.1. The highest BCUT2D eigenvalue weighted by molar-refractivity contribution is 5.98. The number of hydrogen-bond acceptors (Lipinski definition) is 5. The van der Waals surface area contributed by atoms with Crippen LogP contribution < -0.4 is 0 Å². The predicted octanol–water partition coefficient (Wildman–Crippen LogP) is 3.25. The average Bonchev–Trinajstić information content (AvgIpc) is 2.53. The molecule has 0 aliphatic carbocycles. The lowest BCUT2D eigenvalue weighted by atomic mass is 10.1. The lowest BCUT2D eigenvalue weighted by Gasteiger charge is -2.22. The van der Waals surface area contributed by atoms with Crippen LogP contribution in [-0.4, -0.2) is 17.1 Å². The third-order valence-electron chi connectivity index (χ3n) is 3.47. The third-order valence-corrected chi connectivity index (χ3v) is 3.47. The Bertz CT molecular complexity index is 798. The van der Waals surface area contributed by atoms with Gasteiger partial charge < -0.3 is 4.74 Å². The molecule has 0 amide bonds. The molecule has 0 aromatic heterocycles. The standard InChI is InChI=1S/C16H12N2O4/c1-10-8-11(6-7-14(10)18(20)21)16-17-13-5-3-2-4-12(13)15(9-19)22-16/h2-9,15H,1H3. The highest BCUT2D eigenvalue weighted by Crippen LogP contribution is 2.33. The number of fused-ring (bicyclic) bond motifs is 1. The zero-order chi connectivity index (χ0) is 15.7. The van der Waals surface area contributed by atoms with E-state index >= 15 is 0 Å². The Kier molecular flexibility index (Phi) is 3.42. The van der Waals surface area contributed by atoms with E-state index in [0.717, 1.165) is 0 Å². The number of para-hydroxylation sites is 1. The maximum atomic E-state index is 11.2. The molecule has 0 saturated carbocycles. The van der Waals surface area contributed by atoms with Crippen molar-refractivity contribution in [1.82, 2.24) is 0 Å². The van der Waals surface area contributed by atoms with Gasteiger partial charge in [-0.25, -0.2) is 4.99 Å². The number of aryl methyl sites for hydroxylation is 1. The fourth-order valence-electron chi connectivity index (χ4n) is 2.38. The van der Waals surface area contributed by atoms with Crippen molar-refractivity contribution >= 4 is 23.6 Å². The number of hydrogen-bond donors (Lipinski definition) is 0. The van der Waals surface area contributed by atoms with E-state index in [1.807, 2.05) is 12.1 Å². The largest absolute Gasteiger partial charge is 0.461 e. The summed E-state index contributed by atoms with van der Waals surface area (Å²) in [6, 6.07) is 11.8. The number of rotatable bonds is 3. The Morgan fingerprint density at radius 1 is 1.27 bits per heavy atom. The summed E-state index contributed by atoms with van der Waals surface area (Å²) in [5, 5.41) is 10.9. The molecule has 1 heterocycles. The van der Waals surface area contributed by atoms with Crippen LogP contribution >= 0.6 is 0 Å². The van der Waals surface area contributed by atoms with E-state index < -0.39 is 11.0 Å². The monoisotopic (exact) mass is 296 g/mol. The molecule has 0 saturated heterocycles. The molecule has 1 aliphatic heterocycles. The Labute approximate surface area is 126 Å². The van der Waals surface area contributed by atoms with Crippen LogP contribution in [0.4, 0.5) is 11.4 Å². The Morgan fingerprint density at radius 2 is 2.05 bits per heavy atom. The molecule has 110 valence electrons. The van der Waals surface area contributed by atoms with Gasteiger partial charge >= 0.3 is 0 Å². The molecule has 0 bridgehead atoms. The van der Waals surface area contributed by atoms with Crippen LogP contribution in [0, 0.1) is 17.0 Å². The van der Waals surface area contributed by atoms with Gasteiger partial charge in [-0.05, 0) is 25.1 Å². The van der Waals surface area contributed by atoms with Gasteiger partial charge in [0.15, 0.2) is 12.4 Å². The molecule has 1 unspecified atom stereocenters. The second-order valence-electron chi connectivity index (χ2n) is 4.91. The van der Waals surface area contributed by atoms with Crippen LogP contribution in [0.3, 0.4) is 0 Å². The van der Waals surface area contributed by atoms with E-state index in [1.54, 1.807) is 31.2 Å². The van der Waals surface area contributed by atoms with E-state index in [1.165, 1.54) is 6.07 Å². The number of carbonyl (C=O) groups is 1. The van der Waals surface area contributed by atoms with Crippen LogP contribution in [-0.2, 0) is 9.53 Å². The molecule has 0 N–H and O–H groups in total. The number of nitro groups is 1. The number of nitro benzene ring substituents is 1. The summed E-state index contributed by atoms with van der Waals surface area (Å²) >= 11 is 0.